The van der Waals surface area contributed by atoms with Crippen LogP contribution in [0.3, 0.4) is 0 Å². The third-order valence-electron chi connectivity index (χ3n) is 4.53. The first-order chi connectivity index (χ1) is 11.0. The van der Waals surface area contributed by atoms with Crippen LogP contribution in [0.5, 0.6) is 0 Å². The number of carbonyl (C=O) groups is 2. The smallest absolute Gasteiger partial charge is 0.243 e. The van der Waals surface area contributed by atoms with Crippen LogP contribution in [0, 0.1) is 5.92 Å². The van der Waals surface area contributed by atoms with Gasteiger partial charge in [-0.05, 0) is 25.8 Å². The molecule has 0 aliphatic heterocycles. The number of hydrogen-bond donors (Lipinski definition) is 4. The molecule has 1 aliphatic rings. The Bertz CT molecular complexity index is 369. The predicted octanol–water partition coefficient (Wildman–Crippen LogP) is 1.87. The molecule has 3 N–H and O–H groups in total. The summed E-state index contributed by atoms with van der Waals surface area (Å²) in [5.74, 6) is 0.208. The molecule has 2 amide bonds. The van der Waals surface area contributed by atoms with Crippen molar-refractivity contribution in [2.24, 2.45) is 5.92 Å². The van der Waals surface area contributed by atoms with Crippen molar-refractivity contribution in [3.63, 3.8) is 0 Å². The summed E-state index contributed by atoms with van der Waals surface area (Å²) < 4.78 is 0. The van der Waals surface area contributed by atoms with Gasteiger partial charge in [-0.15, -0.1) is 0 Å². The summed E-state index contributed by atoms with van der Waals surface area (Å²) in [6.07, 6.45) is 8.19. The van der Waals surface area contributed by atoms with Crippen LogP contribution in [0.15, 0.2) is 0 Å². The van der Waals surface area contributed by atoms with Crippen LogP contribution in [-0.4, -0.2) is 42.7 Å². The maximum absolute atomic E-state index is 12.5. The molecule has 2 atom stereocenters. The van der Waals surface area contributed by atoms with Crippen LogP contribution < -0.4 is 16.0 Å². The SMILES string of the molecule is CNC(C(=O)N[C@@H](CS)C(=O)NC1CCCCCCC1)C(C)C. The maximum Gasteiger partial charge on any atom is 0.243 e. The summed E-state index contributed by atoms with van der Waals surface area (Å²) in [5.41, 5.74) is 0. The highest BCUT2D eigenvalue weighted by Crippen LogP contribution is 2.17. The number of carbonyl (C=O) groups excluding carboxylic acids is 2. The van der Waals surface area contributed by atoms with E-state index in [2.05, 4.69) is 28.6 Å². The highest BCUT2D eigenvalue weighted by atomic mass is 32.1. The molecule has 0 aromatic rings. The Labute approximate surface area is 146 Å². The summed E-state index contributed by atoms with van der Waals surface area (Å²) in [6.45, 7) is 3.95. The lowest BCUT2D eigenvalue weighted by atomic mass is 9.96. The largest absolute Gasteiger partial charge is 0.352 e. The van der Waals surface area contributed by atoms with Gasteiger partial charge >= 0.3 is 0 Å². The molecule has 1 aliphatic carbocycles. The van der Waals surface area contributed by atoms with Crippen LogP contribution in [0.1, 0.15) is 58.8 Å². The Morgan fingerprint density at radius 2 is 1.61 bits per heavy atom. The molecule has 0 aromatic carbocycles. The summed E-state index contributed by atoms with van der Waals surface area (Å²) in [4.78, 5) is 24.8. The Morgan fingerprint density at radius 1 is 1.04 bits per heavy atom. The molecular formula is C17H33N3O2S. The van der Waals surface area contributed by atoms with Gasteiger partial charge in [-0.25, -0.2) is 0 Å². The molecular weight excluding hydrogens is 310 g/mol. The van der Waals surface area contributed by atoms with Crippen molar-refractivity contribution in [3.05, 3.63) is 0 Å². The molecule has 1 saturated carbocycles. The third-order valence-corrected chi connectivity index (χ3v) is 4.89. The average Bonchev–Trinajstić information content (AvgIpc) is 2.47. The van der Waals surface area contributed by atoms with E-state index in [1.807, 2.05) is 13.8 Å². The Hall–Kier alpha value is -0.750. The second kappa shape index (κ2) is 10.9. The number of hydrogen-bond acceptors (Lipinski definition) is 4. The quantitative estimate of drug-likeness (QED) is 0.534. The van der Waals surface area contributed by atoms with Gasteiger partial charge in [0.25, 0.3) is 0 Å². The van der Waals surface area contributed by atoms with E-state index in [-0.39, 0.29) is 29.8 Å². The fourth-order valence-corrected chi connectivity index (χ4v) is 3.38. The second-order valence-electron chi connectivity index (χ2n) is 6.80. The Balaban J connectivity index is 2.54. The van der Waals surface area contributed by atoms with Crippen molar-refractivity contribution in [2.75, 3.05) is 12.8 Å². The second-order valence-corrected chi connectivity index (χ2v) is 7.17. The average molecular weight is 344 g/mol. The zero-order valence-electron chi connectivity index (χ0n) is 14.7. The molecule has 1 unspecified atom stereocenters. The van der Waals surface area contributed by atoms with E-state index in [9.17, 15) is 9.59 Å². The van der Waals surface area contributed by atoms with Gasteiger partial charge in [-0.3, -0.25) is 9.59 Å². The molecule has 1 rings (SSSR count). The van der Waals surface area contributed by atoms with Crippen molar-refractivity contribution in [1.29, 1.82) is 0 Å². The molecule has 0 bridgehead atoms. The molecule has 0 aromatic heterocycles. The van der Waals surface area contributed by atoms with E-state index in [0.717, 1.165) is 25.7 Å². The molecule has 0 heterocycles. The monoisotopic (exact) mass is 343 g/mol. The minimum atomic E-state index is -0.578. The lowest BCUT2D eigenvalue weighted by Crippen LogP contribution is -2.55. The third kappa shape index (κ3) is 7.12. The van der Waals surface area contributed by atoms with Crippen molar-refractivity contribution < 1.29 is 9.59 Å². The molecule has 5 nitrogen and oxygen atoms in total. The number of amides is 2. The lowest BCUT2D eigenvalue weighted by molar-refractivity contribution is -0.130. The highest BCUT2D eigenvalue weighted by molar-refractivity contribution is 7.80. The van der Waals surface area contributed by atoms with Gasteiger partial charge < -0.3 is 16.0 Å². The van der Waals surface area contributed by atoms with Gasteiger partial charge in [-0.1, -0.05) is 46.0 Å². The topological polar surface area (TPSA) is 70.2 Å². The number of rotatable bonds is 7. The van der Waals surface area contributed by atoms with Gasteiger partial charge in [0, 0.05) is 11.8 Å². The van der Waals surface area contributed by atoms with Crippen LogP contribution >= 0.6 is 12.6 Å². The molecule has 23 heavy (non-hydrogen) atoms. The van der Waals surface area contributed by atoms with Crippen LogP contribution in [0.25, 0.3) is 0 Å². The lowest BCUT2D eigenvalue weighted by Gasteiger charge is -2.26. The minimum Gasteiger partial charge on any atom is -0.352 e. The van der Waals surface area contributed by atoms with E-state index in [0.29, 0.717) is 5.75 Å². The fourth-order valence-electron chi connectivity index (χ4n) is 3.13. The van der Waals surface area contributed by atoms with Crippen molar-refractivity contribution in [2.45, 2.75) is 76.9 Å². The molecule has 0 spiro atoms. The predicted molar refractivity (Wildman–Crippen MR) is 97.7 cm³/mol. The molecule has 6 heteroatoms. The van der Waals surface area contributed by atoms with Gasteiger partial charge in [0.15, 0.2) is 0 Å². The normalized spacial score (nSPS) is 19.5. The van der Waals surface area contributed by atoms with Gasteiger partial charge in [0.2, 0.25) is 11.8 Å². The van der Waals surface area contributed by atoms with Crippen molar-refractivity contribution >= 4 is 24.4 Å². The molecule has 134 valence electrons. The molecule has 0 saturated heterocycles. The highest BCUT2D eigenvalue weighted by Gasteiger charge is 2.26. The van der Waals surface area contributed by atoms with Gasteiger partial charge in [0.05, 0.1) is 6.04 Å². The zero-order chi connectivity index (χ0) is 17.2. The van der Waals surface area contributed by atoms with Crippen LogP contribution in [0.4, 0.5) is 0 Å². The van der Waals surface area contributed by atoms with E-state index in [4.69, 9.17) is 0 Å². The number of thiol groups is 1. The maximum atomic E-state index is 12.5. The number of nitrogens with one attached hydrogen (secondary N) is 3. The standard InChI is InChI=1S/C17H33N3O2S/c1-12(2)15(18-3)17(22)20-14(11-23)16(21)19-13-9-7-5-4-6-8-10-13/h12-15,18,23H,4-11H2,1-3H3,(H,19,21)(H,20,22)/t14-,15?/m0/s1. The fraction of sp³-hybridized carbons (Fsp3) is 0.882. The van der Waals surface area contributed by atoms with Crippen LogP contribution in [0.2, 0.25) is 0 Å². The van der Waals surface area contributed by atoms with Crippen LogP contribution in [-0.2, 0) is 9.59 Å². The summed E-state index contributed by atoms with van der Waals surface area (Å²) >= 11 is 4.24. The van der Waals surface area contributed by atoms with Gasteiger partial charge in [-0.2, -0.15) is 12.6 Å². The Morgan fingerprint density at radius 3 is 2.09 bits per heavy atom. The molecule has 0 radical (unpaired) electrons. The first-order valence-electron chi connectivity index (χ1n) is 8.88. The van der Waals surface area contributed by atoms with Crippen molar-refractivity contribution in [3.8, 4) is 0 Å². The molecule has 1 fully saturated rings. The first-order valence-corrected chi connectivity index (χ1v) is 9.51. The van der Waals surface area contributed by atoms with Gasteiger partial charge in [0.1, 0.15) is 6.04 Å². The summed E-state index contributed by atoms with van der Waals surface area (Å²) in [6, 6.07) is -0.648. The zero-order valence-corrected chi connectivity index (χ0v) is 15.6. The first kappa shape index (κ1) is 20.3. The van der Waals surface area contributed by atoms with E-state index < -0.39 is 6.04 Å². The van der Waals surface area contributed by atoms with E-state index in [1.54, 1.807) is 7.05 Å². The van der Waals surface area contributed by atoms with E-state index in [1.165, 1.54) is 19.3 Å². The van der Waals surface area contributed by atoms with E-state index >= 15 is 0 Å². The minimum absolute atomic E-state index is 0.113. The number of likely N-dealkylation sites (N-methyl/N-ethyl adjacent to an activating group) is 1. The van der Waals surface area contributed by atoms with Crippen molar-refractivity contribution in [1.82, 2.24) is 16.0 Å². The summed E-state index contributed by atoms with van der Waals surface area (Å²) in [5, 5.41) is 8.93. The Kier molecular flexibility index (Phi) is 9.63. The summed E-state index contributed by atoms with van der Waals surface area (Å²) in [7, 11) is 1.76.